The molecular formula is C20H20N6O2. The van der Waals surface area contributed by atoms with Gasteiger partial charge in [-0.1, -0.05) is 0 Å². The molecule has 28 heavy (non-hydrogen) atoms. The Bertz CT molecular complexity index is 1000. The quantitative estimate of drug-likeness (QED) is 0.581. The predicted octanol–water partition coefficient (Wildman–Crippen LogP) is 2.53. The summed E-state index contributed by atoms with van der Waals surface area (Å²) in [4.78, 5) is 24.2. The Kier molecular flexibility index (Phi) is 6.31. The summed E-state index contributed by atoms with van der Waals surface area (Å²) in [5.41, 5.74) is 1.52. The molecule has 1 amide bonds. The van der Waals surface area contributed by atoms with E-state index in [-0.39, 0.29) is 11.6 Å². The van der Waals surface area contributed by atoms with Gasteiger partial charge in [0.15, 0.2) is 0 Å². The van der Waals surface area contributed by atoms with E-state index in [0.29, 0.717) is 37.5 Å². The lowest BCUT2D eigenvalue weighted by Gasteiger charge is -2.10. The maximum Gasteiger partial charge on any atom is 0.271 e. The lowest BCUT2D eigenvalue weighted by Crippen LogP contribution is -2.26. The largest absolute Gasteiger partial charge is 0.494 e. The number of ether oxygens (including phenoxy) is 1. The van der Waals surface area contributed by atoms with Crippen LogP contribution < -0.4 is 15.4 Å². The van der Waals surface area contributed by atoms with E-state index in [9.17, 15) is 10.1 Å². The first kappa shape index (κ1) is 19.0. The summed E-state index contributed by atoms with van der Waals surface area (Å²) < 4.78 is 5.49. The molecule has 2 N–H and O–H groups in total. The van der Waals surface area contributed by atoms with Gasteiger partial charge in [0.2, 0.25) is 0 Å². The van der Waals surface area contributed by atoms with Crippen LogP contribution in [0.15, 0.2) is 42.9 Å². The maximum atomic E-state index is 11.9. The highest BCUT2D eigenvalue weighted by atomic mass is 16.5. The van der Waals surface area contributed by atoms with E-state index in [1.807, 2.05) is 25.1 Å². The normalized spacial score (nSPS) is 10.3. The molecule has 0 bridgehead atoms. The van der Waals surface area contributed by atoms with Crippen LogP contribution in [0.2, 0.25) is 0 Å². The molecule has 0 aliphatic carbocycles. The van der Waals surface area contributed by atoms with Gasteiger partial charge in [-0.25, -0.2) is 9.97 Å². The Labute approximate surface area is 162 Å². The van der Waals surface area contributed by atoms with Gasteiger partial charge in [0, 0.05) is 30.9 Å². The molecule has 142 valence electrons. The van der Waals surface area contributed by atoms with E-state index in [0.717, 1.165) is 16.7 Å². The highest BCUT2D eigenvalue weighted by Crippen LogP contribution is 2.24. The molecule has 3 aromatic rings. The number of nitrogens with zero attached hydrogens (tertiary/aromatic N) is 4. The fraction of sp³-hybridized carbons (Fsp3) is 0.250. The number of nitriles is 1. The molecule has 8 heteroatoms. The molecule has 0 spiro atoms. The monoisotopic (exact) mass is 376 g/mol. The van der Waals surface area contributed by atoms with Crippen LogP contribution >= 0.6 is 0 Å². The van der Waals surface area contributed by atoms with Crippen LogP contribution in [-0.2, 0) is 0 Å². The van der Waals surface area contributed by atoms with E-state index >= 15 is 0 Å². The summed E-state index contributed by atoms with van der Waals surface area (Å²) in [6.07, 6.45) is 5.08. The minimum atomic E-state index is -0.264. The first-order valence-electron chi connectivity index (χ1n) is 8.97. The average Bonchev–Trinajstić information content (AvgIpc) is 2.73. The van der Waals surface area contributed by atoms with Crippen molar-refractivity contribution in [2.75, 3.05) is 25.0 Å². The summed E-state index contributed by atoms with van der Waals surface area (Å²) in [5.74, 6) is 1.01. The summed E-state index contributed by atoms with van der Waals surface area (Å²) in [6.45, 7) is 3.53. The van der Waals surface area contributed by atoms with Gasteiger partial charge >= 0.3 is 0 Å². The van der Waals surface area contributed by atoms with Gasteiger partial charge in [-0.05, 0) is 37.6 Å². The molecular weight excluding hydrogens is 356 g/mol. The predicted molar refractivity (Wildman–Crippen MR) is 105 cm³/mol. The number of benzene rings is 1. The van der Waals surface area contributed by atoms with Gasteiger partial charge in [-0.3, -0.25) is 9.78 Å². The van der Waals surface area contributed by atoms with E-state index in [4.69, 9.17) is 4.74 Å². The summed E-state index contributed by atoms with van der Waals surface area (Å²) in [6, 6.07) is 9.56. The zero-order chi connectivity index (χ0) is 19.8. The number of fused-ring (bicyclic) bond motifs is 1. The summed E-state index contributed by atoms with van der Waals surface area (Å²) in [7, 11) is 0. The van der Waals surface area contributed by atoms with Crippen molar-refractivity contribution < 1.29 is 9.53 Å². The van der Waals surface area contributed by atoms with Crippen molar-refractivity contribution >= 4 is 22.6 Å². The Morgan fingerprint density at radius 2 is 2.14 bits per heavy atom. The molecule has 2 aromatic heterocycles. The molecule has 0 saturated heterocycles. The van der Waals surface area contributed by atoms with Crippen LogP contribution in [0.3, 0.4) is 0 Å². The van der Waals surface area contributed by atoms with E-state index in [1.165, 1.54) is 18.6 Å². The second-order valence-corrected chi connectivity index (χ2v) is 5.91. The first-order valence-corrected chi connectivity index (χ1v) is 8.97. The number of aromatic nitrogens is 3. The highest BCUT2D eigenvalue weighted by molar-refractivity contribution is 5.91. The second kappa shape index (κ2) is 9.28. The van der Waals surface area contributed by atoms with Crippen LogP contribution in [0.4, 0.5) is 5.82 Å². The number of rotatable bonds is 8. The van der Waals surface area contributed by atoms with Gasteiger partial charge in [-0.2, -0.15) is 5.26 Å². The van der Waals surface area contributed by atoms with Crippen molar-refractivity contribution in [1.29, 1.82) is 5.26 Å². The van der Waals surface area contributed by atoms with Crippen LogP contribution in [-0.4, -0.2) is 40.6 Å². The van der Waals surface area contributed by atoms with Gasteiger partial charge in [0.25, 0.3) is 5.91 Å². The Morgan fingerprint density at radius 1 is 1.25 bits per heavy atom. The van der Waals surface area contributed by atoms with Crippen molar-refractivity contribution in [3.8, 4) is 11.8 Å². The van der Waals surface area contributed by atoms with Crippen molar-refractivity contribution in [3.05, 3.63) is 54.1 Å². The molecule has 8 nitrogen and oxygen atoms in total. The second-order valence-electron chi connectivity index (χ2n) is 5.91. The molecule has 2 heterocycles. The number of amides is 1. The summed E-state index contributed by atoms with van der Waals surface area (Å²) in [5, 5.41) is 16.2. The number of carbonyl (C=O) groups excluding carboxylic acids is 1. The molecule has 0 unspecified atom stereocenters. The van der Waals surface area contributed by atoms with Crippen LogP contribution in [0, 0.1) is 11.3 Å². The third kappa shape index (κ3) is 4.71. The minimum Gasteiger partial charge on any atom is -0.494 e. The SMILES string of the molecule is CCOc1ccc2nc(NCCCNC(=O)c3cnccn3)c(C#N)cc2c1. The van der Waals surface area contributed by atoms with Gasteiger partial charge < -0.3 is 15.4 Å². The van der Waals surface area contributed by atoms with Crippen molar-refractivity contribution in [2.24, 2.45) is 0 Å². The molecule has 0 radical (unpaired) electrons. The number of hydrogen-bond acceptors (Lipinski definition) is 7. The minimum absolute atomic E-state index is 0.264. The van der Waals surface area contributed by atoms with Crippen molar-refractivity contribution in [3.63, 3.8) is 0 Å². The molecule has 0 atom stereocenters. The topological polar surface area (TPSA) is 113 Å². The highest BCUT2D eigenvalue weighted by Gasteiger charge is 2.08. The third-order valence-electron chi connectivity index (χ3n) is 3.95. The van der Waals surface area contributed by atoms with Gasteiger partial charge in [0.05, 0.1) is 23.9 Å². The molecule has 0 aliphatic heterocycles. The number of hydrogen-bond donors (Lipinski definition) is 2. The molecule has 1 aromatic carbocycles. The molecule has 0 aliphatic rings. The van der Waals surface area contributed by atoms with E-state index in [2.05, 4.69) is 31.7 Å². The fourth-order valence-electron chi connectivity index (χ4n) is 2.64. The standard InChI is InChI=1S/C20H20N6O2/c1-2-28-16-4-5-17-14(11-16)10-15(12-21)19(26-17)24-6-3-7-25-20(27)18-13-22-8-9-23-18/h4-5,8-11,13H,2-3,6-7H2,1H3,(H,24,26)(H,25,27). The van der Waals surface area contributed by atoms with E-state index < -0.39 is 0 Å². The number of carbonyl (C=O) groups is 1. The maximum absolute atomic E-state index is 11.9. The lowest BCUT2D eigenvalue weighted by molar-refractivity contribution is 0.0948. The van der Waals surface area contributed by atoms with Crippen LogP contribution in [0.25, 0.3) is 10.9 Å². The Balaban J connectivity index is 1.57. The van der Waals surface area contributed by atoms with Gasteiger partial charge in [-0.15, -0.1) is 0 Å². The number of nitrogens with one attached hydrogen (secondary N) is 2. The zero-order valence-electron chi connectivity index (χ0n) is 15.5. The number of anilines is 1. The smallest absolute Gasteiger partial charge is 0.271 e. The molecule has 0 fully saturated rings. The molecule has 0 saturated carbocycles. The number of pyridine rings is 1. The van der Waals surface area contributed by atoms with E-state index in [1.54, 1.807) is 6.07 Å². The fourth-order valence-corrected chi connectivity index (χ4v) is 2.64. The van der Waals surface area contributed by atoms with Crippen molar-refractivity contribution in [2.45, 2.75) is 13.3 Å². The molecule has 3 rings (SSSR count). The summed E-state index contributed by atoms with van der Waals surface area (Å²) >= 11 is 0. The Morgan fingerprint density at radius 3 is 2.89 bits per heavy atom. The van der Waals surface area contributed by atoms with Crippen molar-refractivity contribution in [1.82, 2.24) is 20.3 Å². The average molecular weight is 376 g/mol. The Hall–Kier alpha value is -3.73. The van der Waals surface area contributed by atoms with Gasteiger partial charge in [0.1, 0.15) is 23.3 Å². The van der Waals surface area contributed by atoms with Crippen LogP contribution in [0.5, 0.6) is 5.75 Å². The zero-order valence-corrected chi connectivity index (χ0v) is 15.5. The first-order chi connectivity index (χ1) is 13.7. The lowest BCUT2D eigenvalue weighted by atomic mass is 10.1. The van der Waals surface area contributed by atoms with Crippen LogP contribution in [0.1, 0.15) is 29.4 Å². The third-order valence-corrected chi connectivity index (χ3v) is 3.95.